The lowest BCUT2D eigenvalue weighted by Gasteiger charge is -2.10. The first kappa shape index (κ1) is 21.5. The number of hydrogen-bond donors (Lipinski definition) is 0. The average Bonchev–Trinajstić information content (AvgIpc) is 2.60. The SMILES string of the molecule is COCC=C(C)C=CC(F)=C(C)C=Cc1c(Cl)cc(OC)c(C)c1Cl. The maximum Gasteiger partial charge on any atom is 0.126 e. The van der Waals surface area contributed by atoms with Crippen LogP contribution in [0.2, 0.25) is 10.0 Å². The van der Waals surface area contributed by atoms with Crippen LogP contribution in [0.5, 0.6) is 5.75 Å². The molecule has 0 aliphatic heterocycles. The van der Waals surface area contributed by atoms with Gasteiger partial charge in [-0.05, 0) is 38.5 Å². The van der Waals surface area contributed by atoms with E-state index in [9.17, 15) is 4.39 Å². The lowest BCUT2D eigenvalue weighted by molar-refractivity contribution is 0.233. The summed E-state index contributed by atoms with van der Waals surface area (Å²) in [7, 11) is 3.17. The van der Waals surface area contributed by atoms with Gasteiger partial charge >= 0.3 is 0 Å². The molecular weight excluding hydrogens is 362 g/mol. The Bertz CT molecular complexity index is 732. The third-order valence-corrected chi connectivity index (χ3v) is 4.41. The van der Waals surface area contributed by atoms with E-state index in [-0.39, 0.29) is 5.83 Å². The highest BCUT2D eigenvalue weighted by Gasteiger charge is 2.11. The molecule has 0 spiro atoms. The first-order valence-corrected chi connectivity index (χ1v) is 8.48. The summed E-state index contributed by atoms with van der Waals surface area (Å²) in [5, 5.41) is 0.938. The Morgan fingerprint density at radius 2 is 1.84 bits per heavy atom. The second kappa shape index (κ2) is 10.4. The number of benzene rings is 1. The van der Waals surface area contributed by atoms with Crippen LogP contribution in [0.4, 0.5) is 4.39 Å². The van der Waals surface area contributed by atoms with E-state index in [1.165, 1.54) is 6.08 Å². The van der Waals surface area contributed by atoms with E-state index in [0.29, 0.717) is 33.5 Å². The molecule has 0 amide bonds. The van der Waals surface area contributed by atoms with Crippen LogP contribution in [0.1, 0.15) is 25.0 Å². The van der Waals surface area contributed by atoms with Gasteiger partial charge in [0.05, 0.1) is 23.8 Å². The summed E-state index contributed by atoms with van der Waals surface area (Å²) in [6.45, 7) is 5.90. The molecule has 0 N–H and O–H groups in total. The topological polar surface area (TPSA) is 18.5 Å². The van der Waals surface area contributed by atoms with E-state index in [1.807, 2.05) is 19.9 Å². The van der Waals surface area contributed by atoms with Crippen molar-refractivity contribution in [1.82, 2.24) is 0 Å². The molecule has 0 saturated heterocycles. The van der Waals surface area contributed by atoms with Crippen molar-refractivity contribution < 1.29 is 13.9 Å². The molecule has 2 nitrogen and oxygen atoms in total. The summed E-state index contributed by atoms with van der Waals surface area (Å²) in [5.41, 5.74) is 2.81. The van der Waals surface area contributed by atoms with Gasteiger partial charge in [0.2, 0.25) is 0 Å². The summed E-state index contributed by atoms with van der Waals surface area (Å²) in [4.78, 5) is 0. The maximum absolute atomic E-state index is 14.2. The third-order valence-electron chi connectivity index (χ3n) is 3.61. The van der Waals surface area contributed by atoms with E-state index < -0.39 is 0 Å². The highest BCUT2D eigenvalue weighted by atomic mass is 35.5. The Kier molecular flexibility index (Phi) is 8.98. The number of ether oxygens (including phenoxy) is 2. The summed E-state index contributed by atoms with van der Waals surface area (Å²) in [6, 6.07) is 1.70. The first-order chi connectivity index (χ1) is 11.8. The maximum atomic E-state index is 14.2. The molecule has 5 heteroatoms. The third kappa shape index (κ3) is 6.35. The molecule has 136 valence electrons. The summed E-state index contributed by atoms with van der Waals surface area (Å²) >= 11 is 12.6. The van der Waals surface area contributed by atoms with Crippen LogP contribution >= 0.6 is 23.2 Å². The minimum atomic E-state index is -0.334. The number of methoxy groups -OCH3 is 2. The molecule has 0 radical (unpaired) electrons. The number of rotatable bonds is 7. The minimum absolute atomic E-state index is 0.334. The molecule has 0 heterocycles. The highest BCUT2D eigenvalue weighted by molar-refractivity contribution is 6.38. The van der Waals surface area contributed by atoms with Crippen LogP contribution in [0.15, 0.2) is 47.3 Å². The summed E-state index contributed by atoms with van der Waals surface area (Å²) in [5.74, 6) is 0.283. The Labute approximate surface area is 159 Å². The van der Waals surface area contributed by atoms with Crippen molar-refractivity contribution in [2.45, 2.75) is 20.8 Å². The average molecular weight is 385 g/mol. The van der Waals surface area contributed by atoms with Gasteiger partial charge in [0.15, 0.2) is 0 Å². The quantitative estimate of drug-likeness (QED) is 0.485. The molecule has 0 aliphatic carbocycles. The number of allylic oxidation sites excluding steroid dienone is 6. The fourth-order valence-corrected chi connectivity index (χ4v) is 2.55. The highest BCUT2D eigenvalue weighted by Crippen LogP contribution is 2.36. The van der Waals surface area contributed by atoms with Gasteiger partial charge in [0.1, 0.15) is 11.6 Å². The van der Waals surface area contributed by atoms with Gasteiger partial charge in [-0.15, -0.1) is 0 Å². The van der Waals surface area contributed by atoms with Crippen LogP contribution in [-0.4, -0.2) is 20.8 Å². The second-order valence-corrected chi connectivity index (χ2v) is 6.30. The molecule has 1 aromatic rings. The molecule has 1 rings (SSSR count). The van der Waals surface area contributed by atoms with E-state index in [4.69, 9.17) is 32.7 Å². The monoisotopic (exact) mass is 384 g/mol. The predicted molar refractivity (Wildman–Crippen MR) is 105 cm³/mol. The molecule has 0 saturated carbocycles. The van der Waals surface area contributed by atoms with Gasteiger partial charge in [-0.3, -0.25) is 0 Å². The molecule has 0 fully saturated rings. The predicted octanol–water partition coefficient (Wildman–Crippen LogP) is 6.72. The Hall–Kier alpha value is -1.55. The van der Waals surface area contributed by atoms with Crippen molar-refractivity contribution in [3.63, 3.8) is 0 Å². The fraction of sp³-hybridized carbons (Fsp3) is 0.300. The van der Waals surface area contributed by atoms with Gasteiger partial charge < -0.3 is 9.47 Å². The van der Waals surface area contributed by atoms with Gasteiger partial charge in [-0.1, -0.05) is 53.1 Å². The molecule has 0 aromatic heterocycles. The van der Waals surface area contributed by atoms with Crippen LogP contribution in [0.3, 0.4) is 0 Å². The van der Waals surface area contributed by atoms with Gasteiger partial charge in [0.25, 0.3) is 0 Å². The van der Waals surface area contributed by atoms with Crippen LogP contribution < -0.4 is 4.74 Å². The Balaban J connectivity index is 3.05. The fourth-order valence-electron chi connectivity index (χ4n) is 1.99. The molecule has 0 atom stereocenters. The van der Waals surface area contributed by atoms with E-state index >= 15 is 0 Å². The van der Waals surface area contributed by atoms with Crippen LogP contribution in [0, 0.1) is 6.92 Å². The van der Waals surface area contributed by atoms with Crippen molar-refractivity contribution in [3.05, 3.63) is 68.5 Å². The Morgan fingerprint density at radius 1 is 1.16 bits per heavy atom. The van der Waals surface area contributed by atoms with Crippen molar-refractivity contribution in [2.75, 3.05) is 20.8 Å². The minimum Gasteiger partial charge on any atom is -0.496 e. The smallest absolute Gasteiger partial charge is 0.126 e. The van der Waals surface area contributed by atoms with Gasteiger partial charge in [0, 0.05) is 18.2 Å². The van der Waals surface area contributed by atoms with Crippen LogP contribution in [-0.2, 0) is 4.74 Å². The van der Waals surface area contributed by atoms with Gasteiger partial charge in [-0.25, -0.2) is 4.39 Å². The van der Waals surface area contributed by atoms with Crippen LogP contribution in [0.25, 0.3) is 6.08 Å². The number of hydrogen-bond acceptors (Lipinski definition) is 2. The molecular formula is C20H23Cl2FO2. The first-order valence-electron chi connectivity index (χ1n) is 7.72. The Morgan fingerprint density at radius 3 is 2.44 bits per heavy atom. The summed E-state index contributed by atoms with van der Waals surface area (Å²) in [6.07, 6.45) is 8.34. The van der Waals surface area contributed by atoms with E-state index in [0.717, 1.165) is 11.1 Å². The zero-order valence-electron chi connectivity index (χ0n) is 15.1. The van der Waals surface area contributed by atoms with Crippen molar-refractivity contribution in [1.29, 1.82) is 0 Å². The molecule has 0 aliphatic rings. The van der Waals surface area contributed by atoms with Gasteiger partial charge in [-0.2, -0.15) is 0 Å². The molecule has 25 heavy (non-hydrogen) atoms. The zero-order valence-corrected chi connectivity index (χ0v) is 16.6. The second-order valence-electron chi connectivity index (χ2n) is 5.51. The normalized spacial score (nSPS) is 13.7. The van der Waals surface area contributed by atoms with Crippen molar-refractivity contribution in [2.24, 2.45) is 0 Å². The zero-order chi connectivity index (χ0) is 19.0. The lowest BCUT2D eigenvalue weighted by Crippen LogP contribution is -1.91. The van der Waals surface area contributed by atoms with Crippen molar-refractivity contribution >= 4 is 29.3 Å². The lowest BCUT2D eigenvalue weighted by atomic mass is 10.1. The summed E-state index contributed by atoms with van der Waals surface area (Å²) < 4.78 is 24.3. The van der Waals surface area contributed by atoms with E-state index in [1.54, 1.807) is 45.4 Å². The van der Waals surface area contributed by atoms with E-state index in [2.05, 4.69) is 0 Å². The molecule has 0 unspecified atom stereocenters. The standard InChI is InChI=1S/C20H23Cl2FO2/c1-13(10-11-24-4)6-9-18(23)14(2)7-8-16-17(21)12-19(25-5)15(3)20(16)22/h6-10,12H,11H2,1-5H3. The van der Waals surface area contributed by atoms with Crippen molar-refractivity contribution in [3.8, 4) is 5.75 Å². The number of halogens is 3. The molecule has 1 aromatic carbocycles. The molecule has 0 bridgehead atoms. The largest absolute Gasteiger partial charge is 0.496 e.